The minimum atomic E-state index is -0.866. The number of aliphatic hydroxyl groups excluding tert-OH is 2. The third-order valence-electron chi connectivity index (χ3n) is 11.6. The van der Waals surface area contributed by atoms with E-state index in [2.05, 4.69) is 43.5 Å². The molecular weight excluding hydrogens is 687 g/mol. The number of aliphatic hydroxyl groups is 2. The van der Waals surface area contributed by atoms with Gasteiger partial charge < -0.3 is 15.5 Å². The van der Waals surface area contributed by atoms with E-state index in [1.807, 2.05) is 6.08 Å². The van der Waals surface area contributed by atoms with Crippen LogP contribution in [-0.4, -0.2) is 34.9 Å². The van der Waals surface area contributed by atoms with Crippen LogP contribution in [0.3, 0.4) is 0 Å². The zero-order chi connectivity index (χ0) is 40.7. The molecule has 0 heterocycles. The third kappa shape index (κ3) is 43.7. The van der Waals surface area contributed by atoms with Crippen LogP contribution < -0.4 is 5.32 Å². The fraction of sp³-hybridized carbons (Fsp3) is 0.865. The molecule has 2 atom stereocenters. The summed E-state index contributed by atoms with van der Waals surface area (Å²) in [5, 5.41) is 22.9. The molecule has 0 aromatic rings. The SMILES string of the molecule is CCC/C=C/CC/C=C/CC/C=C/C(O)C(CO)NC(=O)CCCCCCCCCCCCCCCCCCCCCCCCCCCCCCCCCCC. The predicted octanol–water partition coefficient (Wildman–Crippen LogP) is 16.1. The highest BCUT2D eigenvalue weighted by molar-refractivity contribution is 5.76. The van der Waals surface area contributed by atoms with Gasteiger partial charge in [0.15, 0.2) is 0 Å². The maximum atomic E-state index is 12.4. The molecule has 1 amide bonds. The van der Waals surface area contributed by atoms with Crippen LogP contribution >= 0.6 is 0 Å². The fourth-order valence-electron chi connectivity index (χ4n) is 7.75. The van der Waals surface area contributed by atoms with Gasteiger partial charge in [0.1, 0.15) is 0 Å². The summed E-state index contributed by atoms with van der Waals surface area (Å²) in [6.45, 7) is 4.23. The molecule has 4 nitrogen and oxygen atoms in total. The Morgan fingerprint density at radius 1 is 0.411 bits per heavy atom. The normalized spacial score (nSPS) is 13.1. The molecule has 0 rings (SSSR count). The lowest BCUT2D eigenvalue weighted by Gasteiger charge is -2.19. The van der Waals surface area contributed by atoms with Crippen molar-refractivity contribution < 1.29 is 15.0 Å². The van der Waals surface area contributed by atoms with E-state index < -0.39 is 12.1 Å². The monoisotopic (exact) mass is 786 g/mol. The minimum Gasteiger partial charge on any atom is -0.394 e. The highest BCUT2D eigenvalue weighted by atomic mass is 16.3. The highest BCUT2D eigenvalue weighted by Gasteiger charge is 2.17. The average Bonchev–Trinajstić information content (AvgIpc) is 3.20. The lowest BCUT2D eigenvalue weighted by molar-refractivity contribution is -0.123. The van der Waals surface area contributed by atoms with Gasteiger partial charge in [-0.2, -0.15) is 0 Å². The molecule has 0 radical (unpaired) electrons. The Balaban J connectivity index is 3.39. The smallest absolute Gasteiger partial charge is 0.220 e. The Morgan fingerprint density at radius 2 is 0.696 bits per heavy atom. The first-order valence-electron chi connectivity index (χ1n) is 25.2. The van der Waals surface area contributed by atoms with Gasteiger partial charge in [-0.1, -0.05) is 262 Å². The average molecular weight is 786 g/mol. The van der Waals surface area contributed by atoms with Crippen molar-refractivity contribution in [2.24, 2.45) is 0 Å². The number of unbranched alkanes of at least 4 members (excludes halogenated alkanes) is 35. The summed E-state index contributed by atoms with van der Waals surface area (Å²) in [5.74, 6) is -0.0758. The van der Waals surface area contributed by atoms with Gasteiger partial charge in [0.25, 0.3) is 0 Å². The van der Waals surface area contributed by atoms with Crippen LogP contribution in [0.15, 0.2) is 36.5 Å². The van der Waals surface area contributed by atoms with Gasteiger partial charge in [0.05, 0.1) is 18.8 Å². The van der Waals surface area contributed by atoms with Gasteiger partial charge >= 0.3 is 0 Å². The first-order chi connectivity index (χ1) is 27.7. The molecule has 0 bridgehead atoms. The van der Waals surface area contributed by atoms with Crippen LogP contribution in [0.25, 0.3) is 0 Å². The summed E-state index contributed by atoms with van der Waals surface area (Å²) in [5.41, 5.74) is 0. The van der Waals surface area contributed by atoms with Gasteiger partial charge in [0, 0.05) is 6.42 Å². The molecular formula is C52H99NO3. The Kier molecular flexibility index (Phi) is 46.8. The van der Waals surface area contributed by atoms with Crippen LogP contribution in [0, 0.1) is 0 Å². The molecule has 2 unspecified atom stereocenters. The standard InChI is InChI=1S/C52H99NO3/c1-3-5-7-9-11-13-15-16-17-18-19-20-21-22-23-24-25-26-27-28-29-30-31-32-33-34-35-36-38-40-42-44-46-48-52(56)53-50(49-54)51(55)47-45-43-41-39-37-14-12-10-8-6-4-2/h8,10,37,39,45,47,50-51,54-55H,3-7,9,11-36,38,40-44,46,48-49H2,1-2H3,(H,53,56)/b10-8+,39-37+,47-45+. The van der Waals surface area contributed by atoms with Crippen molar-refractivity contribution in [1.82, 2.24) is 5.32 Å². The van der Waals surface area contributed by atoms with Crippen LogP contribution in [0.4, 0.5) is 0 Å². The van der Waals surface area contributed by atoms with Gasteiger partial charge in [-0.05, 0) is 38.5 Å². The van der Waals surface area contributed by atoms with Gasteiger partial charge in [0.2, 0.25) is 5.91 Å². The van der Waals surface area contributed by atoms with Gasteiger partial charge in [-0.3, -0.25) is 4.79 Å². The molecule has 4 heteroatoms. The zero-order valence-corrected chi connectivity index (χ0v) is 37.9. The number of allylic oxidation sites excluding steroid dienone is 5. The van der Waals surface area contributed by atoms with Crippen molar-refractivity contribution in [3.63, 3.8) is 0 Å². The van der Waals surface area contributed by atoms with Crippen LogP contribution in [-0.2, 0) is 4.79 Å². The Bertz CT molecular complexity index is 851. The highest BCUT2D eigenvalue weighted by Crippen LogP contribution is 2.17. The second-order valence-electron chi connectivity index (χ2n) is 17.2. The number of nitrogens with one attached hydrogen (secondary N) is 1. The predicted molar refractivity (Wildman–Crippen MR) is 248 cm³/mol. The molecule has 0 aliphatic rings. The Labute approximate surface area is 351 Å². The number of carbonyl (C=O) groups excluding carboxylic acids is 1. The number of amides is 1. The maximum Gasteiger partial charge on any atom is 0.220 e. The second kappa shape index (κ2) is 48.0. The summed E-state index contributed by atoms with van der Waals surface area (Å²) in [4.78, 5) is 12.4. The van der Waals surface area contributed by atoms with E-state index in [1.165, 1.54) is 205 Å². The molecule has 0 saturated heterocycles. The fourth-order valence-corrected chi connectivity index (χ4v) is 7.75. The summed E-state index contributed by atoms with van der Waals surface area (Å²) < 4.78 is 0. The number of carbonyl (C=O) groups is 1. The minimum absolute atomic E-state index is 0.0758. The molecule has 0 spiro atoms. The van der Waals surface area contributed by atoms with Crippen molar-refractivity contribution in [3.8, 4) is 0 Å². The molecule has 0 aromatic heterocycles. The molecule has 3 N–H and O–H groups in total. The molecule has 0 aliphatic carbocycles. The Hall–Kier alpha value is -1.39. The molecule has 0 aliphatic heterocycles. The molecule has 330 valence electrons. The molecule has 0 aromatic carbocycles. The Morgan fingerprint density at radius 3 is 1.00 bits per heavy atom. The van der Waals surface area contributed by atoms with Crippen LogP contribution in [0.5, 0.6) is 0 Å². The summed E-state index contributed by atoms with van der Waals surface area (Å²) in [7, 11) is 0. The van der Waals surface area contributed by atoms with E-state index >= 15 is 0 Å². The zero-order valence-electron chi connectivity index (χ0n) is 37.9. The largest absolute Gasteiger partial charge is 0.394 e. The van der Waals surface area contributed by atoms with E-state index in [9.17, 15) is 15.0 Å². The van der Waals surface area contributed by atoms with E-state index in [0.29, 0.717) is 6.42 Å². The van der Waals surface area contributed by atoms with E-state index in [1.54, 1.807) is 6.08 Å². The number of rotatable bonds is 46. The maximum absolute atomic E-state index is 12.4. The molecule has 56 heavy (non-hydrogen) atoms. The lowest BCUT2D eigenvalue weighted by Crippen LogP contribution is -2.45. The first kappa shape index (κ1) is 54.6. The van der Waals surface area contributed by atoms with Crippen molar-refractivity contribution in [1.29, 1.82) is 0 Å². The summed E-state index contributed by atoms with van der Waals surface area (Å²) in [6, 6.07) is -0.641. The van der Waals surface area contributed by atoms with Crippen molar-refractivity contribution >= 4 is 5.91 Å². The summed E-state index contributed by atoms with van der Waals surface area (Å²) >= 11 is 0. The van der Waals surface area contributed by atoms with Crippen molar-refractivity contribution in [2.75, 3.05) is 6.61 Å². The number of hydrogen-bond donors (Lipinski definition) is 3. The van der Waals surface area contributed by atoms with Crippen LogP contribution in [0.1, 0.15) is 271 Å². The molecule has 0 saturated carbocycles. The first-order valence-corrected chi connectivity index (χ1v) is 25.2. The van der Waals surface area contributed by atoms with Gasteiger partial charge in [-0.25, -0.2) is 0 Å². The van der Waals surface area contributed by atoms with E-state index in [0.717, 1.165) is 44.9 Å². The van der Waals surface area contributed by atoms with Crippen molar-refractivity contribution in [3.05, 3.63) is 36.5 Å². The topological polar surface area (TPSA) is 69.6 Å². The lowest BCUT2D eigenvalue weighted by atomic mass is 10.0. The van der Waals surface area contributed by atoms with Gasteiger partial charge in [-0.15, -0.1) is 0 Å². The van der Waals surface area contributed by atoms with Crippen molar-refractivity contribution in [2.45, 2.75) is 283 Å². The number of hydrogen-bond acceptors (Lipinski definition) is 3. The molecule has 0 fully saturated rings. The second-order valence-corrected chi connectivity index (χ2v) is 17.2. The quantitative estimate of drug-likeness (QED) is 0.0425. The van der Waals surface area contributed by atoms with Crippen LogP contribution in [0.2, 0.25) is 0 Å². The van der Waals surface area contributed by atoms with E-state index in [-0.39, 0.29) is 12.5 Å². The summed E-state index contributed by atoms with van der Waals surface area (Å²) in [6.07, 6.45) is 64.5. The van der Waals surface area contributed by atoms with E-state index in [4.69, 9.17) is 0 Å². The third-order valence-corrected chi connectivity index (χ3v) is 11.6.